The van der Waals surface area contributed by atoms with Gasteiger partial charge in [0.2, 0.25) is 0 Å². The summed E-state index contributed by atoms with van der Waals surface area (Å²) in [5, 5.41) is 2.81. The van der Waals surface area contributed by atoms with E-state index in [4.69, 9.17) is 4.74 Å². The second-order valence-corrected chi connectivity index (χ2v) is 5.23. The minimum absolute atomic E-state index is 0.0536. The molecule has 1 N–H and O–H groups in total. The second kappa shape index (κ2) is 6.18. The van der Waals surface area contributed by atoms with Crippen LogP contribution in [0, 0.1) is 12.7 Å². The van der Waals surface area contributed by atoms with Gasteiger partial charge in [-0.1, -0.05) is 0 Å². The predicted octanol–water partition coefficient (Wildman–Crippen LogP) is 3.03. The number of ether oxygens (including phenoxy) is 1. The number of hydrogen-bond donors (Lipinski definition) is 1. The number of benzene rings is 1. The molecule has 0 aliphatic heterocycles. The summed E-state index contributed by atoms with van der Waals surface area (Å²) >= 11 is 0. The summed E-state index contributed by atoms with van der Waals surface area (Å²) in [7, 11) is 1.46. The van der Waals surface area contributed by atoms with Crippen molar-refractivity contribution in [3.05, 3.63) is 54.0 Å². The molecule has 0 spiro atoms. The highest BCUT2D eigenvalue weighted by molar-refractivity contribution is 5.95. The molecule has 0 fully saturated rings. The minimum atomic E-state index is -0.321. The van der Waals surface area contributed by atoms with E-state index in [1.165, 1.54) is 19.2 Å². The number of pyridine rings is 1. The fourth-order valence-corrected chi connectivity index (χ4v) is 2.37. The van der Waals surface area contributed by atoms with Gasteiger partial charge in [-0.25, -0.2) is 9.37 Å². The van der Waals surface area contributed by atoms with Gasteiger partial charge in [0.1, 0.15) is 29.6 Å². The number of aryl methyl sites for hydroxylation is 1. The Morgan fingerprint density at radius 1 is 1.30 bits per heavy atom. The molecule has 23 heavy (non-hydrogen) atoms. The molecule has 2 aromatic heterocycles. The zero-order valence-electron chi connectivity index (χ0n) is 12.8. The number of imidazole rings is 1. The molecule has 2 heterocycles. The van der Waals surface area contributed by atoms with E-state index in [1.807, 2.05) is 25.3 Å². The smallest absolute Gasteiger partial charge is 0.251 e. The van der Waals surface area contributed by atoms with E-state index in [9.17, 15) is 9.18 Å². The highest BCUT2D eigenvalue weighted by atomic mass is 19.1. The number of fused-ring (bicyclic) bond motifs is 1. The summed E-state index contributed by atoms with van der Waals surface area (Å²) in [6.45, 7) is 1.91. The monoisotopic (exact) mass is 313 g/mol. The van der Waals surface area contributed by atoms with Gasteiger partial charge < -0.3 is 10.1 Å². The number of carbonyl (C=O) groups excluding carboxylic acids is 1. The molecular weight excluding hydrogens is 297 g/mol. The van der Waals surface area contributed by atoms with Crippen molar-refractivity contribution in [3.63, 3.8) is 0 Å². The summed E-state index contributed by atoms with van der Waals surface area (Å²) in [6, 6.07) is 9.84. The van der Waals surface area contributed by atoms with Gasteiger partial charge in [-0.2, -0.15) is 0 Å². The number of nitrogens with zero attached hydrogens (tertiary/aromatic N) is 2. The van der Waals surface area contributed by atoms with Crippen LogP contribution in [0.4, 0.5) is 10.2 Å². The molecule has 3 rings (SSSR count). The van der Waals surface area contributed by atoms with Gasteiger partial charge in [-0.05, 0) is 48.9 Å². The second-order valence-electron chi connectivity index (χ2n) is 5.23. The first-order chi connectivity index (χ1) is 11.1. The zero-order valence-corrected chi connectivity index (χ0v) is 12.8. The first kappa shape index (κ1) is 15.2. The van der Waals surface area contributed by atoms with Crippen LogP contribution in [0.25, 0.3) is 16.9 Å². The van der Waals surface area contributed by atoms with E-state index in [0.29, 0.717) is 17.2 Å². The quantitative estimate of drug-likeness (QED) is 0.805. The Morgan fingerprint density at radius 2 is 2.04 bits per heavy atom. The van der Waals surface area contributed by atoms with E-state index >= 15 is 0 Å². The fourth-order valence-electron chi connectivity index (χ4n) is 2.37. The lowest BCUT2D eigenvalue weighted by Gasteiger charge is -2.07. The number of methoxy groups -OCH3 is 1. The van der Waals surface area contributed by atoms with Crippen molar-refractivity contribution in [1.82, 2.24) is 9.38 Å². The first-order valence-electron chi connectivity index (χ1n) is 7.12. The zero-order chi connectivity index (χ0) is 16.4. The van der Waals surface area contributed by atoms with Crippen LogP contribution in [0.1, 0.15) is 5.56 Å². The normalized spacial score (nSPS) is 10.9. The molecule has 0 aliphatic rings. The maximum Gasteiger partial charge on any atom is 0.251 e. The lowest BCUT2D eigenvalue weighted by Crippen LogP contribution is -2.18. The van der Waals surface area contributed by atoms with Crippen LogP contribution in [0.5, 0.6) is 0 Å². The molecule has 1 amide bonds. The molecule has 0 bridgehead atoms. The van der Waals surface area contributed by atoms with E-state index in [1.54, 1.807) is 16.5 Å². The van der Waals surface area contributed by atoms with E-state index in [2.05, 4.69) is 10.3 Å². The molecule has 0 aliphatic carbocycles. The Kier molecular flexibility index (Phi) is 4.08. The first-order valence-corrected chi connectivity index (χ1v) is 7.12. The van der Waals surface area contributed by atoms with Crippen molar-refractivity contribution in [2.75, 3.05) is 19.0 Å². The Balaban J connectivity index is 2.14. The van der Waals surface area contributed by atoms with Gasteiger partial charge in [0.05, 0.1) is 0 Å². The van der Waals surface area contributed by atoms with Crippen molar-refractivity contribution in [2.45, 2.75) is 6.92 Å². The molecule has 0 saturated heterocycles. The molecule has 6 heteroatoms. The summed E-state index contributed by atoms with van der Waals surface area (Å²) in [5.74, 6) is -0.0646. The van der Waals surface area contributed by atoms with Crippen LogP contribution in [0.3, 0.4) is 0 Å². The van der Waals surface area contributed by atoms with Gasteiger partial charge in [-0.3, -0.25) is 9.20 Å². The van der Waals surface area contributed by atoms with E-state index in [0.717, 1.165) is 11.1 Å². The van der Waals surface area contributed by atoms with Crippen LogP contribution in [-0.2, 0) is 9.53 Å². The van der Waals surface area contributed by atoms with Crippen molar-refractivity contribution in [2.24, 2.45) is 0 Å². The molecule has 1 aromatic carbocycles. The topological polar surface area (TPSA) is 55.6 Å². The number of anilines is 1. The summed E-state index contributed by atoms with van der Waals surface area (Å²) in [4.78, 5) is 16.5. The molecule has 0 saturated carbocycles. The van der Waals surface area contributed by atoms with Crippen molar-refractivity contribution < 1.29 is 13.9 Å². The molecule has 0 unspecified atom stereocenters. The third-order valence-electron chi connectivity index (χ3n) is 3.43. The van der Waals surface area contributed by atoms with Gasteiger partial charge in [0, 0.05) is 18.9 Å². The van der Waals surface area contributed by atoms with Gasteiger partial charge >= 0.3 is 0 Å². The number of carbonyl (C=O) groups is 1. The Hall–Kier alpha value is -2.73. The van der Waals surface area contributed by atoms with Crippen molar-refractivity contribution >= 4 is 17.4 Å². The van der Waals surface area contributed by atoms with Crippen LogP contribution < -0.4 is 5.32 Å². The lowest BCUT2D eigenvalue weighted by molar-refractivity contribution is -0.119. The summed E-state index contributed by atoms with van der Waals surface area (Å²) < 4.78 is 19.8. The maximum absolute atomic E-state index is 13.2. The average Bonchev–Trinajstić information content (AvgIpc) is 2.86. The van der Waals surface area contributed by atoms with Gasteiger partial charge in [0.15, 0.2) is 0 Å². The molecule has 3 aromatic rings. The lowest BCUT2D eigenvalue weighted by atomic mass is 10.1. The van der Waals surface area contributed by atoms with E-state index < -0.39 is 0 Å². The summed E-state index contributed by atoms with van der Waals surface area (Å²) in [5.41, 5.74) is 3.07. The Bertz CT molecular complexity index is 856. The molecular formula is C17H16FN3O2. The number of hydrogen-bond acceptors (Lipinski definition) is 3. The molecule has 0 atom stereocenters. The van der Waals surface area contributed by atoms with Crippen LogP contribution in [-0.4, -0.2) is 29.0 Å². The third-order valence-corrected chi connectivity index (χ3v) is 3.43. The molecule has 5 nitrogen and oxygen atoms in total. The largest absolute Gasteiger partial charge is 0.375 e. The fraction of sp³-hybridized carbons (Fsp3) is 0.176. The number of halogens is 1. The van der Waals surface area contributed by atoms with Crippen LogP contribution in [0.2, 0.25) is 0 Å². The maximum atomic E-state index is 13.2. The standard InChI is InChI=1S/C17H16FN3O2/c1-11-7-8-21-14(9-11)19-16(12-3-5-13(18)6-4-12)17(21)20-15(22)10-23-2/h3-9H,10H2,1-2H3,(H,20,22). The molecule has 0 radical (unpaired) electrons. The number of amides is 1. The average molecular weight is 313 g/mol. The number of rotatable bonds is 4. The Labute approximate surface area is 132 Å². The van der Waals surface area contributed by atoms with Crippen molar-refractivity contribution in [3.8, 4) is 11.3 Å². The minimum Gasteiger partial charge on any atom is -0.375 e. The predicted molar refractivity (Wildman–Crippen MR) is 85.8 cm³/mol. The molecule has 118 valence electrons. The van der Waals surface area contributed by atoms with E-state index in [-0.39, 0.29) is 18.3 Å². The number of nitrogens with one attached hydrogen (secondary N) is 1. The van der Waals surface area contributed by atoms with Crippen LogP contribution >= 0.6 is 0 Å². The van der Waals surface area contributed by atoms with Gasteiger partial charge in [-0.15, -0.1) is 0 Å². The van der Waals surface area contributed by atoms with Crippen LogP contribution in [0.15, 0.2) is 42.6 Å². The highest BCUT2D eigenvalue weighted by Crippen LogP contribution is 2.29. The third kappa shape index (κ3) is 3.07. The van der Waals surface area contributed by atoms with Crippen molar-refractivity contribution in [1.29, 1.82) is 0 Å². The van der Waals surface area contributed by atoms with Gasteiger partial charge in [0.25, 0.3) is 5.91 Å². The SMILES string of the molecule is COCC(=O)Nc1c(-c2ccc(F)cc2)nc2cc(C)ccn12. The summed E-state index contributed by atoms with van der Waals surface area (Å²) in [6.07, 6.45) is 1.84. The highest BCUT2D eigenvalue weighted by Gasteiger charge is 2.16. The number of aromatic nitrogens is 2. The Morgan fingerprint density at radius 3 is 2.74 bits per heavy atom.